The van der Waals surface area contributed by atoms with Gasteiger partial charge in [0, 0.05) is 6.04 Å². The minimum absolute atomic E-state index is 0.290. The van der Waals surface area contributed by atoms with E-state index in [1.165, 1.54) is 12.0 Å². The molecule has 0 aliphatic rings. The van der Waals surface area contributed by atoms with Crippen LogP contribution in [0, 0.1) is 5.92 Å². The molecular formula is C12H20N2. The van der Waals surface area contributed by atoms with Crippen LogP contribution in [0.15, 0.2) is 30.3 Å². The molecule has 1 atom stereocenters. The highest BCUT2D eigenvalue weighted by molar-refractivity contribution is 5.18. The number of hydrogen-bond acceptors (Lipinski definition) is 2. The molecule has 78 valence electrons. The van der Waals surface area contributed by atoms with Crippen molar-refractivity contribution < 1.29 is 0 Å². The second-order valence-corrected chi connectivity index (χ2v) is 4.10. The molecule has 0 aliphatic carbocycles. The molecule has 0 amide bonds. The van der Waals surface area contributed by atoms with Crippen LogP contribution in [0.4, 0.5) is 0 Å². The van der Waals surface area contributed by atoms with E-state index in [0.29, 0.717) is 6.04 Å². The maximum Gasteiger partial charge on any atom is 0.0460 e. The second-order valence-electron chi connectivity index (χ2n) is 4.10. The number of nitrogens with two attached hydrogens (primary N) is 1. The van der Waals surface area contributed by atoms with Gasteiger partial charge in [-0.05, 0) is 24.3 Å². The van der Waals surface area contributed by atoms with Gasteiger partial charge in [-0.15, -0.1) is 0 Å². The molecule has 0 radical (unpaired) electrons. The summed E-state index contributed by atoms with van der Waals surface area (Å²) in [5.41, 5.74) is 4.15. The summed E-state index contributed by atoms with van der Waals surface area (Å²) in [7, 11) is 0. The molecule has 0 aliphatic heterocycles. The van der Waals surface area contributed by atoms with Crippen LogP contribution >= 0.6 is 0 Å². The first-order valence-corrected chi connectivity index (χ1v) is 5.25. The Morgan fingerprint density at radius 2 is 1.79 bits per heavy atom. The fourth-order valence-corrected chi connectivity index (χ4v) is 1.53. The summed E-state index contributed by atoms with van der Waals surface area (Å²) in [4.78, 5) is 0. The minimum Gasteiger partial charge on any atom is -0.271 e. The number of rotatable bonds is 5. The van der Waals surface area contributed by atoms with E-state index in [-0.39, 0.29) is 0 Å². The van der Waals surface area contributed by atoms with Gasteiger partial charge in [-0.25, -0.2) is 0 Å². The molecule has 1 aromatic rings. The molecule has 1 unspecified atom stereocenters. The summed E-state index contributed by atoms with van der Waals surface area (Å²) >= 11 is 0. The lowest BCUT2D eigenvalue weighted by Crippen LogP contribution is -2.28. The van der Waals surface area contributed by atoms with E-state index < -0.39 is 0 Å². The van der Waals surface area contributed by atoms with E-state index >= 15 is 0 Å². The van der Waals surface area contributed by atoms with Crippen LogP contribution in [0.5, 0.6) is 0 Å². The van der Waals surface area contributed by atoms with Crippen molar-refractivity contribution in [3.63, 3.8) is 0 Å². The van der Waals surface area contributed by atoms with Gasteiger partial charge < -0.3 is 0 Å². The minimum atomic E-state index is 0.290. The Kier molecular flexibility index (Phi) is 4.63. The maximum atomic E-state index is 5.54. The summed E-state index contributed by atoms with van der Waals surface area (Å²) in [5, 5.41) is 0. The van der Waals surface area contributed by atoms with Gasteiger partial charge in [0.2, 0.25) is 0 Å². The van der Waals surface area contributed by atoms with Crippen molar-refractivity contribution in [3.05, 3.63) is 35.9 Å². The molecule has 2 nitrogen and oxygen atoms in total. The van der Waals surface area contributed by atoms with E-state index in [1.54, 1.807) is 0 Å². The molecule has 1 aromatic carbocycles. The summed E-state index contributed by atoms with van der Waals surface area (Å²) in [5.74, 6) is 6.27. The molecular weight excluding hydrogens is 172 g/mol. The predicted molar refractivity (Wildman–Crippen MR) is 60.6 cm³/mol. The SMILES string of the molecule is CC(C)CCC(NN)c1ccccc1. The Bertz CT molecular complexity index is 244. The first kappa shape index (κ1) is 11.2. The van der Waals surface area contributed by atoms with Crippen molar-refractivity contribution in [2.45, 2.75) is 32.7 Å². The Morgan fingerprint density at radius 1 is 1.14 bits per heavy atom. The molecule has 14 heavy (non-hydrogen) atoms. The zero-order chi connectivity index (χ0) is 10.4. The first-order valence-electron chi connectivity index (χ1n) is 5.25. The summed E-state index contributed by atoms with van der Waals surface area (Å²) < 4.78 is 0. The van der Waals surface area contributed by atoms with Gasteiger partial charge in [-0.3, -0.25) is 11.3 Å². The summed E-state index contributed by atoms with van der Waals surface area (Å²) in [6, 6.07) is 10.7. The van der Waals surface area contributed by atoms with Crippen LogP contribution in [-0.2, 0) is 0 Å². The van der Waals surface area contributed by atoms with Gasteiger partial charge in [0.15, 0.2) is 0 Å². The lowest BCUT2D eigenvalue weighted by Gasteiger charge is -2.17. The van der Waals surface area contributed by atoms with Crippen molar-refractivity contribution in [1.82, 2.24) is 5.43 Å². The molecule has 2 heteroatoms. The molecule has 0 saturated carbocycles. The van der Waals surface area contributed by atoms with E-state index in [2.05, 4.69) is 43.5 Å². The van der Waals surface area contributed by atoms with Crippen LogP contribution in [-0.4, -0.2) is 0 Å². The van der Waals surface area contributed by atoms with Gasteiger partial charge >= 0.3 is 0 Å². The number of hydrazine groups is 1. The zero-order valence-corrected chi connectivity index (χ0v) is 9.03. The highest BCUT2D eigenvalue weighted by Crippen LogP contribution is 2.19. The van der Waals surface area contributed by atoms with Crippen molar-refractivity contribution in [2.75, 3.05) is 0 Å². The van der Waals surface area contributed by atoms with Crippen molar-refractivity contribution >= 4 is 0 Å². The normalized spacial score (nSPS) is 13.1. The highest BCUT2D eigenvalue weighted by atomic mass is 15.2. The number of nitrogens with one attached hydrogen (secondary N) is 1. The van der Waals surface area contributed by atoms with Gasteiger partial charge in [0.05, 0.1) is 0 Å². The highest BCUT2D eigenvalue weighted by Gasteiger charge is 2.09. The van der Waals surface area contributed by atoms with Gasteiger partial charge in [0.1, 0.15) is 0 Å². The summed E-state index contributed by atoms with van der Waals surface area (Å²) in [6.07, 6.45) is 2.29. The Hall–Kier alpha value is -0.860. The van der Waals surface area contributed by atoms with Gasteiger partial charge in [0.25, 0.3) is 0 Å². The molecule has 1 rings (SSSR count). The number of hydrogen-bond donors (Lipinski definition) is 2. The Balaban J connectivity index is 2.54. The average Bonchev–Trinajstić information content (AvgIpc) is 2.20. The third kappa shape index (κ3) is 3.48. The monoisotopic (exact) mass is 192 g/mol. The second kappa shape index (κ2) is 5.78. The third-order valence-corrected chi connectivity index (χ3v) is 2.44. The van der Waals surface area contributed by atoms with Crippen molar-refractivity contribution in [3.8, 4) is 0 Å². The molecule has 0 bridgehead atoms. The van der Waals surface area contributed by atoms with E-state index in [0.717, 1.165) is 12.3 Å². The molecule has 3 N–H and O–H groups in total. The fourth-order valence-electron chi connectivity index (χ4n) is 1.53. The van der Waals surface area contributed by atoms with Crippen LogP contribution < -0.4 is 11.3 Å². The first-order chi connectivity index (χ1) is 6.74. The van der Waals surface area contributed by atoms with Crippen molar-refractivity contribution in [1.29, 1.82) is 0 Å². The topological polar surface area (TPSA) is 38.0 Å². The van der Waals surface area contributed by atoms with Crippen LogP contribution in [0.3, 0.4) is 0 Å². The lowest BCUT2D eigenvalue weighted by molar-refractivity contribution is 0.448. The summed E-state index contributed by atoms with van der Waals surface area (Å²) in [6.45, 7) is 4.47. The quantitative estimate of drug-likeness (QED) is 0.556. The Labute approximate surface area is 86.5 Å². The largest absolute Gasteiger partial charge is 0.271 e. The van der Waals surface area contributed by atoms with Gasteiger partial charge in [-0.1, -0.05) is 44.2 Å². The molecule has 0 saturated heterocycles. The van der Waals surface area contributed by atoms with Crippen LogP contribution in [0.1, 0.15) is 38.3 Å². The average molecular weight is 192 g/mol. The van der Waals surface area contributed by atoms with E-state index in [4.69, 9.17) is 5.84 Å². The Morgan fingerprint density at radius 3 is 2.29 bits per heavy atom. The standard InChI is InChI=1S/C12H20N2/c1-10(2)8-9-12(14-13)11-6-4-3-5-7-11/h3-7,10,12,14H,8-9,13H2,1-2H3. The predicted octanol–water partition coefficient (Wildman–Crippen LogP) is 2.63. The van der Waals surface area contributed by atoms with Crippen molar-refractivity contribution in [2.24, 2.45) is 11.8 Å². The maximum absolute atomic E-state index is 5.54. The van der Waals surface area contributed by atoms with Gasteiger partial charge in [-0.2, -0.15) is 0 Å². The number of benzene rings is 1. The van der Waals surface area contributed by atoms with Crippen LogP contribution in [0.25, 0.3) is 0 Å². The molecule has 0 heterocycles. The zero-order valence-electron chi connectivity index (χ0n) is 9.03. The molecule has 0 aromatic heterocycles. The molecule has 0 spiro atoms. The van der Waals surface area contributed by atoms with E-state index in [9.17, 15) is 0 Å². The smallest absolute Gasteiger partial charge is 0.0460 e. The van der Waals surface area contributed by atoms with Crippen LogP contribution in [0.2, 0.25) is 0 Å². The fraction of sp³-hybridized carbons (Fsp3) is 0.500. The third-order valence-electron chi connectivity index (χ3n) is 2.44. The lowest BCUT2D eigenvalue weighted by atomic mass is 9.98. The molecule has 0 fully saturated rings. The van der Waals surface area contributed by atoms with E-state index in [1.807, 2.05) is 6.07 Å².